The standard InChI is InChI=1S/C9H9F7O4/c10-5(3(6(19)20)1-2-4(17)18)8(13,7(11)12)9(14,15)16/h3,5,7H,1-2H2,(H,17,18)(H,19,20). The van der Waals surface area contributed by atoms with Gasteiger partial charge in [-0.2, -0.15) is 13.2 Å². The van der Waals surface area contributed by atoms with Crippen LogP contribution in [0, 0.1) is 5.92 Å². The Balaban J connectivity index is 5.44. The van der Waals surface area contributed by atoms with Crippen LogP contribution in [-0.2, 0) is 9.59 Å². The van der Waals surface area contributed by atoms with Crippen molar-refractivity contribution in [2.45, 2.75) is 37.3 Å². The fraction of sp³-hybridized carbons (Fsp3) is 0.778. The monoisotopic (exact) mass is 314 g/mol. The zero-order chi connectivity index (χ0) is 16.3. The maximum Gasteiger partial charge on any atom is 0.431 e. The van der Waals surface area contributed by atoms with Crippen LogP contribution in [0.15, 0.2) is 0 Å². The minimum Gasteiger partial charge on any atom is -0.481 e. The average Bonchev–Trinajstić information content (AvgIpc) is 2.24. The summed E-state index contributed by atoms with van der Waals surface area (Å²) in [5, 5.41) is 16.7. The molecular weight excluding hydrogens is 305 g/mol. The van der Waals surface area contributed by atoms with Crippen LogP contribution in [0.3, 0.4) is 0 Å². The first-order valence-corrected chi connectivity index (χ1v) is 4.98. The zero-order valence-electron chi connectivity index (χ0n) is 9.50. The largest absolute Gasteiger partial charge is 0.481 e. The van der Waals surface area contributed by atoms with Crippen molar-refractivity contribution in [2.75, 3.05) is 0 Å². The second kappa shape index (κ2) is 6.27. The third-order valence-electron chi connectivity index (χ3n) is 2.49. The zero-order valence-corrected chi connectivity index (χ0v) is 9.50. The summed E-state index contributed by atoms with van der Waals surface area (Å²) in [4.78, 5) is 20.7. The van der Waals surface area contributed by atoms with Crippen molar-refractivity contribution in [1.82, 2.24) is 0 Å². The first-order chi connectivity index (χ1) is 8.85. The number of hydrogen-bond donors (Lipinski definition) is 2. The van der Waals surface area contributed by atoms with Gasteiger partial charge >= 0.3 is 18.1 Å². The number of carboxylic acid groups (broad SMARTS) is 2. The number of halogens is 7. The number of aliphatic carboxylic acids is 2. The highest BCUT2D eigenvalue weighted by molar-refractivity contribution is 5.73. The molecule has 0 aromatic carbocycles. The lowest BCUT2D eigenvalue weighted by atomic mass is 9.86. The SMILES string of the molecule is O=C(O)CCC(C(=O)O)C(F)C(F)(C(F)F)C(F)(F)F. The molecule has 0 fully saturated rings. The second-order valence-electron chi connectivity index (χ2n) is 3.85. The van der Waals surface area contributed by atoms with Gasteiger partial charge in [-0.1, -0.05) is 0 Å². The number of alkyl halides is 7. The van der Waals surface area contributed by atoms with Gasteiger partial charge in [0.15, 0.2) is 6.17 Å². The summed E-state index contributed by atoms with van der Waals surface area (Å²) in [6.45, 7) is 0. The molecular formula is C9H9F7O4. The van der Waals surface area contributed by atoms with Crippen molar-refractivity contribution in [3.05, 3.63) is 0 Å². The van der Waals surface area contributed by atoms with E-state index in [4.69, 9.17) is 10.2 Å². The number of carbonyl (C=O) groups is 2. The predicted octanol–water partition coefficient (Wildman–Crippen LogP) is 2.43. The van der Waals surface area contributed by atoms with Crippen molar-refractivity contribution in [3.8, 4) is 0 Å². The van der Waals surface area contributed by atoms with Gasteiger partial charge in [0.25, 0.3) is 12.1 Å². The van der Waals surface area contributed by atoms with Gasteiger partial charge in [0.2, 0.25) is 0 Å². The van der Waals surface area contributed by atoms with Crippen molar-refractivity contribution >= 4 is 11.9 Å². The first-order valence-electron chi connectivity index (χ1n) is 4.98. The van der Waals surface area contributed by atoms with E-state index < -0.39 is 55.1 Å². The molecule has 118 valence electrons. The summed E-state index contributed by atoms with van der Waals surface area (Å²) >= 11 is 0. The average molecular weight is 314 g/mol. The third kappa shape index (κ3) is 3.73. The number of hydrogen-bond acceptors (Lipinski definition) is 2. The predicted molar refractivity (Wildman–Crippen MR) is 48.8 cm³/mol. The normalized spacial score (nSPS) is 18.4. The number of rotatable bonds is 7. The van der Waals surface area contributed by atoms with E-state index in [1.54, 1.807) is 0 Å². The molecule has 0 aromatic rings. The van der Waals surface area contributed by atoms with E-state index >= 15 is 0 Å². The minimum absolute atomic E-state index is 1.12. The molecule has 0 radical (unpaired) electrons. The molecule has 0 spiro atoms. The van der Waals surface area contributed by atoms with Gasteiger partial charge < -0.3 is 10.2 Å². The Kier molecular flexibility index (Phi) is 5.78. The summed E-state index contributed by atoms with van der Waals surface area (Å²) in [5.74, 6) is -6.91. The van der Waals surface area contributed by atoms with E-state index in [1.165, 1.54) is 0 Å². The summed E-state index contributed by atoms with van der Waals surface area (Å²) in [6, 6.07) is 0. The Bertz CT molecular complexity index is 370. The Morgan fingerprint density at radius 1 is 1.00 bits per heavy atom. The van der Waals surface area contributed by atoms with Crippen LogP contribution in [0.25, 0.3) is 0 Å². The van der Waals surface area contributed by atoms with Crippen LogP contribution in [0.4, 0.5) is 30.7 Å². The Morgan fingerprint density at radius 3 is 1.70 bits per heavy atom. The summed E-state index contributed by atoms with van der Waals surface area (Å²) in [7, 11) is 0. The fourth-order valence-corrected chi connectivity index (χ4v) is 1.37. The van der Waals surface area contributed by atoms with Gasteiger partial charge in [0, 0.05) is 6.42 Å². The molecule has 0 bridgehead atoms. The van der Waals surface area contributed by atoms with Gasteiger partial charge in [0.05, 0.1) is 5.92 Å². The molecule has 0 aliphatic rings. The van der Waals surface area contributed by atoms with E-state index in [2.05, 4.69) is 0 Å². The van der Waals surface area contributed by atoms with Crippen LogP contribution < -0.4 is 0 Å². The lowest BCUT2D eigenvalue weighted by Gasteiger charge is -2.32. The van der Waals surface area contributed by atoms with E-state index in [1.807, 2.05) is 0 Å². The van der Waals surface area contributed by atoms with Crippen LogP contribution in [-0.4, -0.2) is 46.6 Å². The van der Waals surface area contributed by atoms with E-state index in [0.717, 1.165) is 0 Å². The summed E-state index contributed by atoms with van der Waals surface area (Å²) < 4.78 is 87.8. The molecule has 4 nitrogen and oxygen atoms in total. The highest BCUT2D eigenvalue weighted by atomic mass is 19.4. The quantitative estimate of drug-likeness (QED) is 0.708. The third-order valence-corrected chi connectivity index (χ3v) is 2.49. The minimum atomic E-state index is -6.35. The molecule has 0 aliphatic heterocycles. The molecule has 2 N–H and O–H groups in total. The lowest BCUT2D eigenvalue weighted by Crippen LogP contribution is -2.58. The maximum absolute atomic E-state index is 13.4. The molecule has 3 unspecified atom stereocenters. The molecule has 0 aliphatic carbocycles. The molecule has 0 rings (SSSR count). The van der Waals surface area contributed by atoms with Crippen molar-refractivity contribution < 1.29 is 50.5 Å². The van der Waals surface area contributed by atoms with Gasteiger partial charge in [-0.15, -0.1) is 0 Å². The van der Waals surface area contributed by atoms with Gasteiger partial charge in [-0.3, -0.25) is 9.59 Å². The molecule has 11 heteroatoms. The Labute approximate surface area is 107 Å². The Morgan fingerprint density at radius 2 is 1.45 bits per heavy atom. The second-order valence-corrected chi connectivity index (χ2v) is 3.85. The highest BCUT2D eigenvalue weighted by Gasteiger charge is 2.70. The van der Waals surface area contributed by atoms with Crippen molar-refractivity contribution in [1.29, 1.82) is 0 Å². The summed E-state index contributed by atoms with van der Waals surface area (Å²) in [5.41, 5.74) is -5.69. The van der Waals surface area contributed by atoms with E-state index in [-0.39, 0.29) is 0 Å². The van der Waals surface area contributed by atoms with Gasteiger partial charge in [0.1, 0.15) is 0 Å². The van der Waals surface area contributed by atoms with Crippen molar-refractivity contribution in [2.24, 2.45) is 5.92 Å². The highest BCUT2D eigenvalue weighted by Crippen LogP contribution is 2.45. The van der Waals surface area contributed by atoms with Gasteiger partial charge in [-0.25, -0.2) is 17.6 Å². The topological polar surface area (TPSA) is 74.6 Å². The lowest BCUT2D eigenvalue weighted by molar-refractivity contribution is -0.292. The first kappa shape index (κ1) is 18.4. The van der Waals surface area contributed by atoms with Crippen LogP contribution in [0.1, 0.15) is 12.8 Å². The molecule has 0 amide bonds. The number of carboxylic acids is 2. The fourth-order valence-electron chi connectivity index (χ4n) is 1.37. The summed E-state index contributed by atoms with van der Waals surface area (Å²) in [6.07, 6.45) is -17.7. The van der Waals surface area contributed by atoms with Crippen LogP contribution in [0.2, 0.25) is 0 Å². The van der Waals surface area contributed by atoms with Crippen molar-refractivity contribution in [3.63, 3.8) is 0 Å². The molecule has 0 aromatic heterocycles. The van der Waals surface area contributed by atoms with E-state index in [9.17, 15) is 40.3 Å². The molecule has 20 heavy (non-hydrogen) atoms. The smallest absolute Gasteiger partial charge is 0.431 e. The van der Waals surface area contributed by atoms with E-state index in [0.29, 0.717) is 0 Å². The van der Waals surface area contributed by atoms with Crippen LogP contribution in [0.5, 0.6) is 0 Å². The molecule has 0 saturated heterocycles. The Hall–Kier alpha value is -1.55. The molecule has 3 atom stereocenters. The molecule has 0 heterocycles. The van der Waals surface area contributed by atoms with Crippen LogP contribution >= 0.6 is 0 Å². The maximum atomic E-state index is 13.4. The van der Waals surface area contributed by atoms with Gasteiger partial charge in [-0.05, 0) is 6.42 Å². The molecule has 0 saturated carbocycles.